The van der Waals surface area contributed by atoms with Crippen molar-refractivity contribution in [2.75, 3.05) is 19.8 Å². The molecule has 1 saturated carbocycles. The van der Waals surface area contributed by atoms with Crippen molar-refractivity contribution in [1.82, 2.24) is 10.2 Å². The number of carboxylic acids is 1. The lowest BCUT2D eigenvalue weighted by molar-refractivity contribution is -0.142. The van der Waals surface area contributed by atoms with Gasteiger partial charge in [-0.15, -0.1) is 0 Å². The molecule has 2 atom stereocenters. The van der Waals surface area contributed by atoms with Crippen molar-refractivity contribution >= 4 is 12.0 Å². The van der Waals surface area contributed by atoms with E-state index in [0.29, 0.717) is 6.54 Å². The predicted molar refractivity (Wildman–Crippen MR) is 78.0 cm³/mol. The van der Waals surface area contributed by atoms with Crippen LogP contribution in [0.25, 0.3) is 0 Å². The first-order chi connectivity index (χ1) is 9.64. The molecule has 120 valence electrons. The molecule has 2 rings (SSSR count). The number of carbonyl (C=O) groups excluding carboxylic acids is 1. The van der Waals surface area contributed by atoms with E-state index in [1.54, 1.807) is 4.90 Å². The monoisotopic (exact) mass is 298 g/mol. The van der Waals surface area contributed by atoms with Gasteiger partial charge in [-0.3, -0.25) is 4.79 Å². The topological polar surface area (TPSA) is 78.9 Å². The number of carboxylic acid groups (broad SMARTS) is 1. The van der Waals surface area contributed by atoms with Crippen LogP contribution in [0.5, 0.6) is 0 Å². The molecule has 21 heavy (non-hydrogen) atoms. The molecule has 2 unspecified atom stereocenters. The molecule has 1 aliphatic carbocycles. The lowest BCUT2D eigenvalue weighted by Crippen LogP contribution is -2.51. The van der Waals surface area contributed by atoms with Crippen LogP contribution in [0.2, 0.25) is 0 Å². The molecule has 6 nitrogen and oxygen atoms in total. The molecule has 2 fully saturated rings. The summed E-state index contributed by atoms with van der Waals surface area (Å²) in [5, 5.41) is 12.3. The van der Waals surface area contributed by atoms with E-state index >= 15 is 0 Å². The summed E-state index contributed by atoms with van der Waals surface area (Å²) in [7, 11) is 0. The number of amides is 2. The molecule has 2 aliphatic rings. The SMILES string of the molecule is CCN(C(=O)NC1C(C)(C)C1(C)C)C1COCC1C(=O)O. The Labute approximate surface area is 125 Å². The van der Waals surface area contributed by atoms with E-state index in [0.717, 1.165) is 0 Å². The molecule has 0 spiro atoms. The van der Waals surface area contributed by atoms with Crippen LogP contribution in [0, 0.1) is 16.7 Å². The van der Waals surface area contributed by atoms with E-state index in [2.05, 4.69) is 33.0 Å². The van der Waals surface area contributed by atoms with Gasteiger partial charge in [0.15, 0.2) is 0 Å². The maximum absolute atomic E-state index is 12.5. The van der Waals surface area contributed by atoms with Crippen LogP contribution in [0.4, 0.5) is 4.79 Å². The van der Waals surface area contributed by atoms with Gasteiger partial charge in [-0.25, -0.2) is 4.79 Å². The lowest BCUT2D eigenvalue weighted by atomic mass is 10.0. The fourth-order valence-electron chi connectivity index (χ4n) is 3.38. The fraction of sp³-hybridized carbons (Fsp3) is 0.867. The number of aliphatic carboxylic acids is 1. The third-order valence-corrected chi connectivity index (χ3v) is 5.66. The van der Waals surface area contributed by atoms with E-state index in [-0.39, 0.29) is 36.1 Å². The van der Waals surface area contributed by atoms with Crippen LogP contribution in [-0.2, 0) is 9.53 Å². The van der Waals surface area contributed by atoms with Crippen molar-refractivity contribution in [2.24, 2.45) is 16.7 Å². The van der Waals surface area contributed by atoms with E-state index in [1.165, 1.54) is 0 Å². The minimum Gasteiger partial charge on any atom is -0.481 e. The lowest BCUT2D eigenvalue weighted by Gasteiger charge is -2.29. The normalized spacial score (nSPS) is 30.0. The Hall–Kier alpha value is -1.30. The van der Waals surface area contributed by atoms with E-state index in [9.17, 15) is 14.7 Å². The minimum absolute atomic E-state index is 0.0560. The maximum Gasteiger partial charge on any atom is 0.317 e. The highest BCUT2D eigenvalue weighted by atomic mass is 16.5. The van der Waals surface area contributed by atoms with Gasteiger partial charge >= 0.3 is 12.0 Å². The van der Waals surface area contributed by atoms with Gasteiger partial charge < -0.3 is 20.1 Å². The van der Waals surface area contributed by atoms with Crippen molar-refractivity contribution in [2.45, 2.75) is 46.7 Å². The first kappa shape index (κ1) is 16.1. The molecule has 1 heterocycles. The van der Waals surface area contributed by atoms with Gasteiger partial charge in [0, 0.05) is 12.6 Å². The third-order valence-electron chi connectivity index (χ3n) is 5.66. The highest BCUT2D eigenvalue weighted by molar-refractivity contribution is 5.78. The molecule has 2 N–H and O–H groups in total. The molecular weight excluding hydrogens is 272 g/mol. The Morgan fingerprint density at radius 2 is 1.81 bits per heavy atom. The molecule has 1 aliphatic heterocycles. The molecule has 2 amide bonds. The van der Waals surface area contributed by atoms with Crippen molar-refractivity contribution in [3.63, 3.8) is 0 Å². The zero-order chi connectivity index (χ0) is 16.0. The van der Waals surface area contributed by atoms with Crippen LogP contribution in [0.3, 0.4) is 0 Å². The fourth-order valence-corrected chi connectivity index (χ4v) is 3.38. The van der Waals surface area contributed by atoms with Crippen LogP contribution in [0.1, 0.15) is 34.6 Å². The van der Waals surface area contributed by atoms with Gasteiger partial charge in [0.2, 0.25) is 0 Å². The standard InChI is InChI=1S/C15H26N2O4/c1-6-17(10-8-21-7-9(10)11(18)19)13(20)16-12-14(2,3)15(12,4)5/h9-10,12H,6-8H2,1-5H3,(H,16,20)(H,18,19). The van der Waals surface area contributed by atoms with Gasteiger partial charge in [-0.1, -0.05) is 27.7 Å². The van der Waals surface area contributed by atoms with Crippen LogP contribution < -0.4 is 5.32 Å². The van der Waals surface area contributed by atoms with Crippen LogP contribution in [-0.4, -0.2) is 53.8 Å². The number of rotatable bonds is 4. The number of likely N-dealkylation sites (N-methyl/N-ethyl adjacent to an activating group) is 1. The van der Waals surface area contributed by atoms with Gasteiger partial charge in [0.1, 0.15) is 5.92 Å². The van der Waals surface area contributed by atoms with Gasteiger partial charge in [-0.2, -0.15) is 0 Å². The average Bonchev–Trinajstić information content (AvgIpc) is 2.77. The van der Waals surface area contributed by atoms with E-state index in [1.807, 2.05) is 6.92 Å². The molecule has 0 aromatic carbocycles. The highest BCUT2D eigenvalue weighted by Gasteiger charge is 2.65. The number of ether oxygens (including phenoxy) is 1. The van der Waals surface area contributed by atoms with Crippen molar-refractivity contribution < 1.29 is 19.4 Å². The predicted octanol–water partition coefficient (Wildman–Crippen LogP) is 1.55. The molecule has 0 bridgehead atoms. The summed E-state index contributed by atoms with van der Waals surface area (Å²) < 4.78 is 5.26. The Morgan fingerprint density at radius 1 is 1.24 bits per heavy atom. The Kier molecular flexibility index (Phi) is 3.95. The summed E-state index contributed by atoms with van der Waals surface area (Å²) in [4.78, 5) is 25.4. The molecule has 6 heteroatoms. The number of carbonyl (C=O) groups is 2. The Bertz CT molecular complexity index is 433. The molecule has 0 aromatic rings. The quantitative estimate of drug-likeness (QED) is 0.825. The van der Waals surface area contributed by atoms with Crippen molar-refractivity contribution in [3.05, 3.63) is 0 Å². The number of hydrogen-bond donors (Lipinski definition) is 2. The largest absolute Gasteiger partial charge is 0.481 e. The summed E-state index contributed by atoms with van der Waals surface area (Å²) in [6, 6.07) is -0.475. The van der Waals surface area contributed by atoms with E-state index < -0.39 is 17.9 Å². The molecule has 0 aromatic heterocycles. The summed E-state index contributed by atoms with van der Waals surface area (Å²) in [6.45, 7) is 11.3. The molecule has 0 radical (unpaired) electrons. The first-order valence-electron chi connectivity index (χ1n) is 7.52. The van der Waals surface area contributed by atoms with Gasteiger partial charge in [0.05, 0.1) is 19.3 Å². The Balaban J connectivity index is 2.05. The van der Waals surface area contributed by atoms with Crippen molar-refractivity contribution in [1.29, 1.82) is 0 Å². The second kappa shape index (κ2) is 5.16. The number of nitrogens with zero attached hydrogens (tertiary/aromatic N) is 1. The number of nitrogens with one attached hydrogen (secondary N) is 1. The highest BCUT2D eigenvalue weighted by Crippen LogP contribution is 2.62. The summed E-state index contributed by atoms with van der Waals surface area (Å²) >= 11 is 0. The molecular formula is C15H26N2O4. The van der Waals surface area contributed by atoms with E-state index in [4.69, 9.17) is 4.74 Å². The average molecular weight is 298 g/mol. The second-order valence-corrected chi connectivity index (χ2v) is 7.16. The first-order valence-corrected chi connectivity index (χ1v) is 7.52. The van der Waals surface area contributed by atoms with Gasteiger partial charge in [-0.05, 0) is 17.8 Å². The van der Waals surface area contributed by atoms with Gasteiger partial charge in [0.25, 0.3) is 0 Å². The zero-order valence-corrected chi connectivity index (χ0v) is 13.5. The molecule has 1 saturated heterocycles. The van der Waals surface area contributed by atoms with Crippen LogP contribution in [0.15, 0.2) is 0 Å². The smallest absolute Gasteiger partial charge is 0.317 e. The maximum atomic E-state index is 12.5. The number of urea groups is 1. The zero-order valence-electron chi connectivity index (χ0n) is 13.5. The summed E-state index contributed by atoms with van der Waals surface area (Å²) in [6.07, 6.45) is 0. The number of hydrogen-bond acceptors (Lipinski definition) is 3. The van der Waals surface area contributed by atoms with Crippen LogP contribution >= 0.6 is 0 Å². The minimum atomic E-state index is -0.907. The third kappa shape index (κ3) is 2.50. The van der Waals surface area contributed by atoms with Crippen molar-refractivity contribution in [3.8, 4) is 0 Å². The second-order valence-electron chi connectivity index (χ2n) is 7.16. The Morgan fingerprint density at radius 3 is 2.24 bits per heavy atom. The summed E-state index contributed by atoms with van der Waals surface area (Å²) in [5.41, 5.74) is 0.112. The summed E-state index contributed by atoms with van der Waals surface area (Å²) in [5.74, 6) is -1.55.